The van der Waals surface area contributed by atoms with Crippen LogP contribution in [-0.4, -0.2) is 72.7 Å². The Bertz CT molecular complexity index is 1530. The van der Waals surface area contributed by atoms with Gasteiger partial charge in [0.15, 0.2) is 5.82 Å². The minimum Gasteiger partial charge on any atom is -0.391 e. The summed E-state index contributed by atoms with van der Waals surface area (Å²) in [5, 5.41) is 9.99. The zero-order valence-electron chi connectivity index (χ0n) is 22.3. The van der Waals surface area contributed by atoms with Gasteiger partial charge in [0.05, 0.1) is 17.2 Å². The molecule has 0 radical (unpaired) electrons. The number of amides is 1. The molecule has 2 saturated heterocycles. The van der Waals surface area contributed by atoms with Crippen molar-refractivity contribution in [2.24, 2.45) is 0 Å². The van der Waals surface area contributed by atoms with Crippen LogP contribution in [-0.2, 0) is 12.8 Å². The third-order valence-electron chi connectivity index (χ3n) is 7.99. The highest BCUT2D eigenvalue weighted by molar-refractivity contribution is 5.94. The van der Waals surface area contributed by atoms with Crippen molar-refractivity contribution < 1.29 is 18.7 Å². The molecule has 2 aliphatic rings. The third-order valence-corrected chi connectivity index (χ3v) is 7.99. The van der Waals surface area contributed by atoms with Crippen LogP contribution in [0.5, 0.6) is 0 Å². The van der Waals surface area contributed by atoms with Crippen molar-refractivity contribution in [2.75, 3.05) is 31.1 Å². The van der Waals surface area contributed by atoms with Crippen LogP contribution < -0.4 is 4.90 Å². The first-order valence-corrected chi connectivity index (χ1v) is 13.7. The maximum Gasteiger partial charge on any atom is 0.254 e. The molecule has 3 aromatic heterocycles. The van der Waals surface area contributed by atoms with Gasteiger partial charge in [-0.25, -0.2) is 28.7 Å². The van der Waals surface area contributed by atoms with Crippen LogP contribution in [0.4, 0.5) is 14.7 Å². The molecular weight excluding hydrogens is 516 g/mol. The van der Waals surface area contributed by atoms with Crippen molar-refractivity contribution in [3.63, 3.8) is 0 Å². The number of likely N-dealkylation sites (tertiary alicyclic amines) is 1. The largest absolute Gasteiger partial charge is 0.391 e. The van der Waals surface area contributed by atoms with Crippen molar-refractivity contribution in [1.82, 2.24) is 29.4 Å². The van der Waals surface area contributed by atoms with Crippen molar-refractivity contribution in [2.45, 2.75) is 51.2 Å². The number of hydrogen-bond acceptors (Lipinski definition) is 7. The monoisotopic (exact) mass is 547 g/mol. The van der Waals surface area contributed by atoms with Crippen LogP contribution in [0.3, 0.4) is 0 Å². The van der Waals surface area contributed by atoms with E-state index in [9.17, 15) is 9.90 Å². The van der Waals surface area contributed by atoms with E-state index in [0.717, 1.165) is 37.9 Å². The molecule has 0 aliphatic carbocycles. The van der Waals surface area contributed by atoms with Gasteiger partial charge in [-0.2, -0.15) is 0 Å². The Labute approximate surface area is 230 Å². The topological polar surface area (TPSA) is 100 Å². The summed E-state index contributed by atoms with van der Waals surface area (Å²) in [6.45, 7) is 4.23. The fourth-order valence-electron chi connectivity index (χ4n) is 5.66. The van der Waals surface area contributed by atoms with Gasteiger partial charge in [-0.15, -0.1) is 0 Å². The molecule has 9 nitrogen and oxygen atoms in total. The van der Waals surface area contributed by atoms with E-state index in [4.69, 9.17) is 0 Å². The van der Waals surface area contributed by atoms with E-state index in [-0.39, 0.29) is 35.9 Å². The minimum absolute atomic E-state index is 0.0482. The number of carbonyl (C=O) groups excluding carboxylic acids is 1. The molecule has 6 rings (SSSR count). The van der Waals surface area contributed by atoms with Crippen LogP contribution in [0.15, 0.2) is 43.1 Å². The first kappa shape index (κ1) is 26.2. The summed E-state index contributed by atoms with van der Waals surface area (Å²) in [7, 11) is 0. The fourth-order valence-corrected chi connectivity index (χ4v) is 5.66. The highest BCUT2D eigenvalue weighted by atomic mass is 19.1. The Morgan fingerprint density at radius 1 is 1.02 bits per heavy atom. The normalized spacial score (nSPS) is 18.1. The van der Waals surface area contributed by atoms with Gasteiger partial charge in [0.1, 0.15) is 17.8 Å². The van der Waals surface area contributed by atoms with Crippen LogP contribution in [0.2, 0.25) is 0 Å². The number of halogens is 2. The van der Waals surface area contributed by atoms with Crippen LogP contribution in [0.25, 0.3) is 11.0 Å². The number of β-amino-alcohol motifs (C(OH)–C–C–N with tert-alkyl or cyclic N) is 1. The van der Waals surface area contributed by atoms with Crippen LogP contribution >= 0.6 is 0 Å². The summed E-state index contributed by atoms with van der Waals surface area (Å²) in [5.41, 5.74) is 2.51. The summed E-state index contributed by atoms with van der Waals surface area (Å²) >= 11 is 0. The van der Waals surface area contributed by atoms with Crippen molar-refractivity contribution in [3.05, 3.63) is 77.1 Å². The Kier molecular flexibility index (Phi) is 7.14. The van der Waals surface area contributed by atoms with E-state index in [1.54, 1.807) is 12.1 Å². The van der Waals surface area contributed by atoms with E-state index in [0.29, 0.717) is 35.8 Å². The Morgan fingerprint density at radius 2 is 1.80 bits per heavy atom. The molecule has 208 valence electrons. The number of hydrogen-bond donors (Lipinski definition) is 1. The molecule has 0 spiro atoms. The lowest BCUT2D eigenvalue weighted by molar-refractivity contribution is 0.0764. The fraction of sp³-hybridized carbons (Fsp3) is 0.414. The second-order valence-corrected chi connectivity index (χ2v) is 10.5. The number of nitrogens with zero attached hydrogens (tertiary/aromatic N) is 7. The number of anilines is 1. The molecule has 2 aliphatic heterocycles. The molecule has 0 unspecified atom stereocenters. The second kappa shape index (κ2) is 10.9. The van der Waals surface area contributed by atoms with Gasteiger partial charge in [0.2, 0.25) is 5.95 Å². The zero-order valence-corrected chi connectivity index (χ0v) is 22.3. The molecule has 1 N–H and O–H groups in total. The lowest BCUT2D eigenvalue weighted by Crippen LogP contribution is -2.35. The molecule has 1 amide bonds. The summed E-state index contributed by atoms with van der Waals surface area (Å²) in [4.78, 5) is 34.0. The SMILES string of the molecule is CCc1cnc(N2CCC(n3cc(F)c4c(Cc5ccc(C(=O)N6CC[C@@H](O)C6)cc5F)ncnc43)CC2)nc1. The van der Waals surface area contributed by atoms with Crippen molar-refractivity contribution >= 4 is 22.9 Å². The van der Waals surface area contributed by atoms with E-state index >= 15 is 8.78 Å². The summed E-state index contributed by atoms with van der Waals surface area (Å²) in [5.74, 6) is -0.605. The Balaban J connectivity index is 1.19. The van der Waals surface area contributed by atoms with Gasteiger partial charge in [-0.3, -0.25) is 4.79 Å². The number of rotatable bonds is 6. The van der Waals surface area contributed by atoms with Crippen LogP contribution in [0.1, 0.15) is 59.4 Å². The molecule has 0 bridgehead atoms. The van der Waals surface area contributed by atoms with Crippen LogP contribution in [0, 0.1) is 11.6 Å². The van der Waals surface area contributed by atoms with Gasteiger partial charge in [-0.1, -0.05) is 13.0 Å². The lowest BCUT2D eigenvalue weighted by Gasteiger charge is -2.32. The highest BCUT2D eigenvalue weighted by Crippen LogP contribution is 2.31. The average molecular weight is 548 g/mol. The maximum atomic E-state index is 15.3. The smallest absolute Gasteiger partial charge is 0.254 e. The highest BCUT2D eigenvalue weighted by Gasteiger charge is 2.27. The quantitative estimate of drug-likeness (QED) is 0.393. The van der Waals surface area contributed by atoms with Gasteiger partial charge in [-0.05, 0) is 48.9 Å². The van der Waals surface area contributed by atoms with E-state index in [1.165, 1.54) is 23.5 Å². The first-order valence-electron chi connectivity index (χ1n) is 13.7. The lowest BCUT2D eigenvalue weighted by atomic mass is 10.0. The Morgan fingerprint density at radius 3 is 2.48 bits per heavy atom. The number of aliphatic hydroxyl groups excluding tert-OH is 1. The number of aliphatic hydroxyl groups is 1. The molecule has 1 aromatic carbocycles. The molecule has 4 aromatic rings. The number of benzene rings is 1. The first-order chi connectivity index (χ1) is 19.4. The zero-order chi connectivity index (χ0) is 27.8. The molecule has 40 heavy (non-hydrogen) atoms. The van der Waals surface area contributed by atoms with E-state index in [2.05, 4.69) is 31.8 Å². The van der Waals surface area contributed by atoms with E-state index in [1.807, 2.05) is 17.0 Å². The predicted octanol–water partition coefficient (Wildman–Crippen LogP) is 3.70. The van der Waals surface area contributed by atoms with Crippen molar-refractivity contribution in [1.29, 1.82) is 0 Å². The number of aromatic nitrogens is 5. The average Bonchev–Trinajstić information content (AvgIpc) is 3.57. The van der Waals surface area contributed by atoms with Gasteiger partial charge < -0.3 is 19.5 Å². The molecule has 11 heteroatoms. The number of piperidine rings is 1. The van der Waals surface area contributed by atoms with Gasteiger partial charge in [0.25, 0.3) is 5.91 Å². The molecule has 0 saturated carbocycles. The molecule has 2 fully saturated rings. The molecule has 1 atom stereocenters. The number of carbonyl (C=O) groups is 1. The number of aryl methyl sites for hydroxylation is 1. The Hall–Kier alpha value is -3.99. The van der Waals surface area contributed by atoms with Gasteiger partial charge in [0, 0.05) is 62.8 Å². The maximum absolute atomic E-state index is 15.3. The standard InChI is InChI=1S/C29H31F2N7O2/c1-2-18-13-32-29(33-14-18)36-8-5-21(6-9-36)38-16-24(31)26-25(34-17-35-27(26)38)12-19-3-4-20(11-23(19)30)28(40)37-10-7-22(39)15-37/h3-4,11,13-14,16-17,21-22,39H,2,5-10,12,15H2,1H3/t22-/m1/s1. The molecule has 5 heterocycles. The van der Waals surface area contributed by atoms with Gasteiger partial charge >= 0.3 is 0 Å². The van der Waals surface area contributed by atoms with Crippen molar-refractivity contribution in [3.8, 4) is 0 Å². The minimum atomic E-state index is -0.557. The summed E-state index contributed by atoms with van der Waals surface area (Å²) in [6, 6.07) is 4.36. The predicted molar refractivity (Wildman–Crippen MR) is 145 cm³/mol. The third kappa shape index (κ3) is 5.01. The summed E-state index contributed by atoms with van der Waals surface area (Å²) < 4.78 is 32.3. The molecular formula is C29H31F2N7O2. The van der Waals surface area contributed by atoms with E-state index < -0.39 is 17.7 Å². The summed E-state index contributed by atoms with van der Waals surface area (Å²) in [6.07, 6.45) is 9.05. The second-order valence-electron chi connectivity index (χ2n) is 10.5. The number of fused-ring (bicyclic) bond motifs is 1.